The van der Waals surface area contributed by atoms with Crippen molar-refractivity contribution in [2.75, 3.05) is 19.7 Å². The maximum Gasteiger partial charge on any atom is 0.490 e. The van der Waals surface area contributed by atoms with Crippen molar-refractivity contribution in [1.29, 1.82) is 0 Å². The average molecular weight is 629 g/mol. The van der Waals surface area contributed by atoms with Gasteiger partial charge < -0.3 is 50.8 Å². The van der Waals surface area contributed by atoms with E-state index in [2.05, 4.69) is 20.7 Å². The standard InChI is InChI=1S/C25H39F3N4O11/c1-13(33)32-17-14(29)11-16(20(35)36)41-19(17)18(15(34)12-40-21(37)25(26,27)28)42-22(38)30-9-7-5-6-8-10-31-23(39)43-24(2,3)4/h11,14-15,17-19,34H,5-10,12,29H2,1-4H3,(H,30,38)(H,31,39)(H,32,33)(H,35,36)/t14-,15+,17+,18+,19+/m0/s1. The van der Waals surface area contributed by atoms with Crippen molar-refractivity contribution in [3.05, 3.63) is 11.8 Å². The highest BCUT2D eigenvalue weighted by molar-refractivity contribution is 5.85. The number of ether oxygens (including phenoxy) is 4. The third kappa shape index (κ3) is 14.3. The van der Waals surface area contributed by atoms with E-state index < -0.39 is 84.6 Å². The smallest absolute Gasteiger partial charge is 0.477 e. The molecular formula is C25H39F3N4O11. The molecule has 0 aromatic heterocycles. The molecule has 18 heteroatoms. The Morgan fingerprint density at radius 1 is 1.02 bits per heavy atom. The van der Waals surface area contributed by atoms with E-state index in [0.29, 0.717) is 32.2 Å². The van der Waals surface area contributed by atoms with Gasteiger partial charge in [0.1, 0.15) is 18.3 Å². The SMILES string of the molecule is CC(=O)N[C@H]1[C@H]([C@H](OC(=O)NCCCCCCNC(=O)OC(C)(C)C)[C@H](O)COC(=O)C(F)(F)F)OC(C(=O)O)=C[C@@H]1N. The minimum Gasteiger partial charge on any atom is -0.477 e. The monoisotopic (exact) mass is 628 g/mol. The number of carbonyl (C=O) groups is 5. The molecule has 246 valence electrons. The van der Waals surface area contributed by atoms with Crippen LogP contribution in [0.15, 0.2) is 11.8 Å². The quantitative estimate of drug-likeness (QED) is 0.0894. The molecule has 0 bridgehead atoms. The predicted octanol–water partition coefficient (Wildman–Crippen LogP) is 0.832. The van der Waals surface area contributed by atoms with Crippen LogP contribution < -0.4 is 21.7 Å². The Labute approximate surface area is 245 Å². The summed E-state index contributed by atoms with van der Waals surface area (Å²) in [7, 11) is 0. The second-order valence-corrected chi connectivity index (χ2v) is 10.5. The van der Waals surface area contributed by atoms with Crippen LogP contribution >= 0.6 is 0 Å². The summed E-state index contributed by atoms with van der Waals surface area (Å²) in [5.74, 6) is -5.66. The second kappa shape index (κ2) is 16.7. The molecule has 3 amide bonds. The molecule has 1 rings (SSSR count). The van der Waals surface area contributed by atoms with Gasteiger partial charge in [0, 0.05) is 20.0 Å². The number of unbranched alkanes of at least 4 members (excludes halogenated alkanes) is 3. The Morgan fingerprint density at radius 3 is 2.07 bits per heavy atom. The highest BCUT2D eigenvalue weighted by Gasteiger charge is 2.47. The maximum absolute atomic E-state index is 12.6. The lowest BCUT2D eigenvalue weighted by molar-refractivity contribution is -0.204. The summed E-state index contributed by atoms with van der Waals surface area (Å²) in [5.41, 5.74) is 5.33. The topological polar surface area (TPSA) is 225 Å². The van der Waals surface area contributed by atoms with Crippen LogP contribution in [0.25, 0.3) is 0 Å². The third-order valence-electron chi connectivity index (χ3n) is 5.56. The summed E-state index contributed by atoms with van der Waals surface area (Å²) in [4.78, 5) is 58.6. The summed E-state index contributed by atoms with van der Waals surface area (Å²) < 4.78 is 57.4. The van der Waals surface area contributed by atoms with Gasteiger partial charge in [-0.3, -0.25) is 4.79 Å². The van der Waals surface area contributed by atoms with Crippen molar-refractivity contribution in [1.82, 2.24) is 16.0 Å². The van der Waals surface area contributed by atoms with E-state index in [-0.39, 0.29) is 6.54 Å². The Balaban J connectivity index is 2.83. The molecule has 0 radical (unpaired) electrons. The summed E-state index contributed by atoms with van der Waals surface area (Å²) in [5, 5.41) is 27.3. The molecule has 0 unspecified atom stereocenters. The summed E-state index contributed by atoms with van der Waals surface area (Å²) in [6.45, 7) is 5.38. The number of amides is 3. The normalized spacial score (nSPS) is 19.9. The number of nitrogens with two attached hydrogens (primary N) is 1. The average Bonchev–Trinajstić information content (AvgIpc) is 2.86. The van der Waals surface area contributed by atoms with E-state index in [1.165, 1.54) is 0 Å². The number of carboxylic acids is 1. The summed E-state index contributed by atoms with van der Waals surface area (Å²) in [6.07, 6.45) is -9.67. The number of aliphatic hydroxyl groups excluding tert-OH is 1. The van der Waals surface area contributed by atoms with E-state index >= 15 is 0 Å². The first-order valence-corrected chi connectivity index (χ1v) is 13.3. The van der Waals surface area contributed by atoms with E-state index in [4.69, 9.17) is 19.9 Å². The maximum atomic E-state index is 12.6. The van der Waals surface area contributed by atoms with Gasteiger partial charge in [-0.2, -0.15) is 13.2 Å². The van der Waals surface area contributed by atoms with Gasteiger partial charge in [-0.25, -0.2) is 19.2 Å². The van der Waals surface area contributed by atoms with Crippen LogP contribution in [-0.2, 0) is 33.3 Å². The Morgan fingerprint density at radius 2 is 1.58 bits per heavy atom. The molecule has 0 spiro atoms. The number of carbonyl (C=O) groups excluding carboxylic acids is 4. The number of carboxylic acid groups (broad SMARTS) is 1. The number of halogens is 3. The molecule has 0 fully saturated rings. The number of aliphatic carboxylic acids is 1. The fourth-order valence-corrected chi connectivity index (χ4v) is 3.73. The first-order chi connectivity index (χ1) is 19.8. The zero-order valence-corrected chi connectivity index (χ0v) is 24.2. The van der Waals surface area contributed by atoms with Gasteiger partial charge in [0.25, 0.3) is 0 Å². The van der Waals surface area contributed by atoms with Crippen LogP contribution in [0.3, 0.4) is 0 Å². The molecule has 0 aliphatic carbocycles. The molecule has 0 aromatic carbocycles. The molecule has 43 heavy (non-hydrogen) atoms. The fraction of sp³-hybridized carbons (Fsp3) is 0.720. The molecule has 1 aliphatic heterocycles. The number of aliphatic hydroxyl groups is 1. The van der Waals surface area contributed by atoms with Gasteiger partial charge in [-0.15, -0.1) is 0 Å². The van der Waals surface area contributed by atoms with E-state index in [1.54, 1.807) is 20.8 Å². The van der Waals surface area contributed by atoms with Crippen LogP contribution in [0.5, 0.6) is 0 Å². The zero-order valence-electron chi connectivity index (χ0n) is 24.2. The van der Waals surface area contributed by atoms with Crippen molar-refractivity contribution in [2.24, 2.45) is 5.73 Å². The van der Waals surface area contributed by atoms with Crippen LogP contribution in [0.4, 0.5) is 22.8 Å². The van der Waals surface area contributed by atoms with E-state index in [1.807, 2.05) is 0 Å². The molecule has 1 heterocycles. The molecule has 7 N–H and O–H groups in total. The van der Waals surface area contributed by atoms with Crippen molar-refractivity contribution in [3.8, 4) is 0 Å². The third-order valence-corrected chi connectivity index (χ3v) is 5.56. The van der Waals surface area contributed by atoms with Crippen LogP contribution in [-0.4, -0.2) is 102 Å². The molecular weight excluding hydrogens is 589 g/mol. The van der Waals surface area contributed by atoms with Crippen molar-refractivity contribution in [2.45, 2.75) is 95.6 Å². The summed E-state index contributed by atoms with van der Waals surface area (Å²) >= 11 is 0. The lowest BCUT2D eigenvalue weighted by Gasteiger charge is -2.40. The number of hydrogen-bond donors (Lipinski definition) is 6. The number of hydrogen-bond acceptors (Lipinski definition) is 11. The Kier molecular flexibility index (Phi) is 14.5. The van der Waals surface area contributed by atoms with E-state index in [0.717, 1.165) is 13.0 Å². The van der Waals surface area contributed by atoms with Gasteiger partial charge in [0.2, 0.25) is 11.7 Å². The van der Waals surface area contributed by atoms with Crippen LogP contribution in [0.1, 0.15) is 53.4 Å². The second-order valence-electron chi connectivity index (χ2n) is 10.5. The Bertz CT molecular complexity index is 1020. The highest BCUT2D eigenvalue weighted by Crippen LogP contribution is 2.25. The zero-order chi connectivity index (χ0) is 33.0. The lowest BCUT2D eigenvalue weighted by Crippen LogP contribution is -2.63. The van der Waals surface area contributed by atoms with E-state index in [9.17, 15) is 47.4 Å². The molecule has 5 atom stereocenters. The fourth-order valence-electron chi connectivity index (χ4n) is 3.73. The first-order valence-electron chi connectivity index (χ1n) is 13.3. The number of nitrogens with one attached hydrogen (secondary N) is 3. The number of alkyl halides is 3. The van der Waals surface area contributed by atoms with Gasteiger partial charge in [0.05, 0.1) is 12.1 Å². The minimum atomic E-state index is -5.39. The van der Waals surface area contributed by atoms with Crippen LogP contribution in [0.2, 0.25) is 0 Å². The highest BCUT2D eigenvalue weighted by atomic mass is 19.4. The predicted molar refractivity (Wildman–Crippen MR) is 140 cm³/mol. The molecule has 15 nitrogen and oxygen atoms in total. The van der Waals surface area contributed by atoms with Crippen molar-refractivity contribution < 1.29 is 66.3 Å². The number of rotatable bonds is 14. The Hall–Kier alpha value is -3.80. The van der Waals surface area contributed by atoms with Gasteiger partial charge in [0.15, 0.2) is 12.2 Å². The van der Waals surface area contributed by atoms with Crippen molar-refractivity contribution >= 4 is 30.0 Å². The lowest BCUT2D eigenvalue weighted by atomic mass is 9.92. The largest absolute Gasteiger partial charge is 0.490 e. The van der Waals surface area contributed by atoms with Crippen LogP contribution in [0, 0.1) is 0 Å². The van der Waals surface area contributed by atoms with Gasteiger partial charge >= 0.3 is 30.3 Å². The molecule has 1 aliphatic rings. The van der Waals surface area contributed by atoms with Gasteiger partial charge in [-0.1, -0.05) is 12.8 Å². The first kappa shape index (κ1) is 37.2. The summed E-state index contributed by atoms with van der Waals surface area (Å²) in [6, 6.07) is -2.57. The molecule has 0 saturated carbocycles. The van der Waals surface area contributed by atoms with Gasteiger partial charge in [-0.05, 0) is 39.7 Å². The molecule has 0 aromatic rings. The number of esters is 1. The number of alkyl carbamates (subject to hydrolysis) is 2. The van der Waals surface area contributed by atoms with Crippen molar-refractivity contribution in [3.63, 3.8) is 0 Å². The minimum absolute atomic E-state index is 0.0602. The molecule has 0 saturated heterocycles.